The van der Waals surface area contributed by atoms with E-state index < -0.39 is 5.97 Å². The van der Waals surface area contributed by atoms with Crippen LogP contribution in [-0.4, -0.2) is 21.0 Å². The molecule has 3 aromatic heterocycles. The molecule has 136 valence electrons. The number of aryl methyl sites for hydroxylation is 2. The normalized spacial score (nSPS) is 11.2. The zero-order chi connectivity index (χ0) is 19.0. The molecule has 0 fully saturated rings. The lowest BCUT2D eigenvalue weighted by Crippen LogP contribution is -1.92. The highest BCUT2D eigenvalue weighted by Crippen LogP contribution is 2.39. The Kier molecular flexibility index (Phi) is 4.72. The quantitative estimate of drug-likeness (QED) is 0.352. The van der Waals surface area contributed by atoms with E-state index >= 15 is 0 Å². The number of carbonyl (C=O) groups is 1. The fourth-order valence-electron chi connectivity index (χ4n) is 2.79. The minimum Gasteiger partial charge on any atom is -0.475 e. The molecule has 27 heavy (non-hydrogen) atoms. The number of rotatable bonds is 5. The van der Waals surface area contributed by atoms with Crippen LogP contribution >= 0.6 is 23.1 Å². The maximum Gasteiger partial charge on any atom is 0.371 e. The molecule has 0 atom stereocenters. The van der Waals surface area contributed by atoms with Crippen LogP contribution in [0.1, 0.15) is 27.4 Å². The second-order valence-electron chi connectivity index (χ2n) is 6.17. The van der Waals surface area contributed by atoms with E-state index in [0.717, 1.165) is 26.4 Å². The van der Waals surface area contributed by atoms with E-state index in [1.54, 1.807) is 23.7 Å². The van der Waals surface area contributed by atoms with Gasteiger partial charge in [0.2, 0.25) is 5.76 Å². The maximum absolute atomic E-state index is 11.0. The van der Waals surface area contributed by atoms with Gasteiger partial charge in [0.25, 0.3) is 0 Å². The smallest absolute Gasteiger partial charge is 0.371 e. The third-order valence-electron chi connectivity index (χ3n) is 4.38. The summed E-state index contributed by atoms with van der Waals surface area (Å²) in [6.07, 6.45) is 1.57. The third-order valence-corrected chi connectivity index (χ3v) is 6.28. The largest absolute Gasteiger partial charge is 0.475 e. The molecule has 4 aromatic rings. The van der Waals surface area contributed by atoms with E-state index in [1.807, 2.05) is 0 Å². The van der Waals surface area contributed by atoms with Crippen LogP contribution in [0.2, 0.25) is 0 Å². The predicted octanol–water partition coefficient (Wildman–Crippen LogP) is 5.56. The zero-order valence-electron chi connectivity index (χ0n) is 14.7. The van der Waals surface area contributed by atoms with Crippen LogP contribution in [0, 0.1) is 13.8 Å². The second-order valence-corrected chi connectivity index (χ2v) is 7.99. The van der Waals surface area contributed by atoms with Crippen LogP contribution in [-0.2, 0) is 5.75 Å². The predicted molar refractivity (Wildman–Crippen MR) is 108 cm³/mol. The Bertz CT molecular complexity index is 1150. The lowest BCUT2D eigenvalue weighted by atomic mass is 10.0. The summed E-state index contributed by atoms with van der Waals surface area (Å²) in [5.74, 6) is -0.0100. The summed E-state index contributed by atoms with van der Waals surface area (Å²) in [6, 6.07) is 9.59. The number of carboxylic acid groups (broad SMARTS) is 1. The molecule has 0 saturated heterocycles. The number of thiophene rings is 1. The van der Waals surface area contributed by atoms with E-state index in [0.29, 0.717) is 11.5 Å². The summed E-state index contributed by atoms with van der Waals surface area (Å²) < 4.78 is 5.34. The Morgan fingerprint density at radius 2 is 2.04 bits per heavy atom. The Hall–Kier alpha value is -2.64. The van der Waals surface area contributed by atoms with Gasteiger partial charge in [0, 0.05) is 10.9 Å². The first-order valence-corrected chi connectivity index (χ1v) is 10.1. The number of nitrogens with zero attached hydrogens (tertiary/aromatic N) is 2. The molecule has 0 radical (unpaired) electrons. The van der Waals surface area contributed by atoms with Gasteiger partial charge in [-0.1, -0.05) is 30.0 Å². The van der Waals surface area contributed by atoms with E-state index in [-0.39, 0.29) is 5.76 Å². The molecule has 0 bridgehead atoms. The summed E-state index contributed by atoms with van der Waals surface area (Å²) in [7, 11) is 0. The molecule has 0 saturated carbocycles. The molecule has 0 aliphatic carbocycles. The van der Waals surface area contributed by atoms with Crippen molar-refractivity contribution in [2.24, 2.45) is 0 Å². The molecular weight excluding hydrogens is 380 g/mol. The molecule has 0 spiro atoms. The van der Waals surface area contributed by atoms with Gasteiger partial charge in [-0.3, -0.25) is 0 Å². The Morgan fingerprint density at radius 1 is 1.19 bits per heavy atom. The first-order chi connectivity index (χ1) is 13.0. The van der Waals surface area contributed by atoms with Gasteiger partial charge in [-0.05, 0) is 42.7 Å². The zero-order valence-corrected chi connectivity index (χ0v) is 16.4. The van der Waals surface area contributed by atoms with Crippen molar-refractivity contribution in [3.05, 3.63) is 64.7 Å². The van der Waals surface area contributed by atoms with E-state index in [4.69, 9.17) is 9.52 Å². The molecule has 1 N–H and O–H groups in total. The topological polar surface area (TPSA) is 76.2 Å². The number of hydrogen-bond donors (Lipinski definition) is 1. The molecule has 0 amide bonds. The van der Waals surface area contributed by atoms with Crippen LogP contribution in [0.3, 0.4) is 0 Å². The third kappa shape index (κ3) is 3.48. The van der Waals surface area contributed by atoms with Crippen molar-refractivity contribution in [1.82, 2.24) is 9.97 Å². The van der Waals surface area contributed by atoms with Crippen molar-refractivity contribution in [2.45, 2.75) is 24.6 Å². The van der Waals surface area contributed by atoms with Gasteiger partial charge in [-0.15, -0.1) is 11.3 Å². The number of fused-ring (bicyclic) bond motifs is 1. The van der Waals surface area contributed by atoms with Crippen molar-refractivity contribution in [3.63, 3.8) is 0 Å². The SMILES string of the molecule is Cc1ccc(-c2csc3ncnc(SCc4ccc(C(=O)O)o4)c23)cc1C. The molecular formula is C20H16N2O3S2. The van der Waals surface area contributed by atoms with Gasteiger partial charge in [0.05, 0.1) is 11.1 Å². The summed E-state index contributed by atoms with van der Waals surface area (Å²) in [5.41, 5.74) is 4.77. The second kappa shape index (κ2) is 7.17. The highest BCUT2D eigenvalue weighted by atomic mass is 32.2. The number of furan rings is 1. The van der Waals surface area contributed by atoms with E-state index in [9.17, 15) is 4.79 Å². The number of thioether (sulfide) groups is 1. The maximum atomic E-state index is 11.0. The molecule has 1 aromatic carbocycles. The minimum absolute atomic E-state index is 0.0511. The van der Waals surface area contributed by atoms with Gasteiger partial charge < -0.3 is 9.52 Å². The van der Waals surface area contributed by atoms with Crippen molar-refractivity contribution in [1.29, 1.82) is 0 Å². The summed E-state index contributed by atoms with van der Waals surface area (Å²) in [4.78, 5) is 20.8. The number of benzene rings is 1. The van der Waals surface area contributed by atoms with Gasteiger partial charge in [0.1, 0.15) is 21.9 Å². The van der Waals surface area contributed by atoms with Crippen LogP contribution in [0.4, 0.5) is 0 Å². The summed E-state index contributed by atoms with van der Waals surface area (Å²) in [6.45, 7) is 4.21. The number of aromatic carboxylic acids is 1. The van der Waals surface area contributed by atoms with E-state index in [1.165, 1.54) is 29.0 Å². The van der Waals surface area contributed by atoms with Gasteiger partial charge >= 0.3 is 5.97 Å². The Morgan fingerprint density at radius 3 is 2.78 bits per heavy atom. The molecule has 0 aliphatic rings. The fourth-order valence-corrected chi connectivity index (χ4v) is 4.68. The van der Waals surface area contributed by atoms with Crippen molar-refractivity contribution >= 4 is 39.3 Å². The molecule has 5 nitrogen and oxygen atoms in total. The van der Waals surface area contributed by atoms with Gasteiger partial charge in [-0.25, -0.2) is 14.8 Å². The van der Waals surface area contributed by atoms with Crippen molar-refractivity contribution in [2.75, 3.05) is 0 Å². The van der Waals surface area contributed by atoms with Gasteiger partial charge in [-0.2, -0.15) is 0 Å². The highest BCUT2D eigenvalue weighted by Gasteiger charge is 2.15. The number of hydrogen-bond acceptors (Lipinski definition) is 6. The van der Waals surface area contributed by atoms with Crippen LogP contribution in [0.5, 0.6) is 0 Å². The van der Waals surface area contributed by atoms with Crippen LogP contribution < -0.4 is 0 Å². The van der Waals surface area contributed by atoms with Crippen LogP contribution in [0.25, 0.3) is 21.3 Å². The summed E-state index contributed by atoms with van der Waals surface area (Å²) in [5, 5.41) is 13.0. The lowest BCUT2D eigenvalue weighted by Gasteiger charge is -2.07. The number of aromatic nitrogens is 2. The lowest BCUT2D eigenvalue weighted by molar-refractivity contribution is 0.0661. The standard InChI is InChI=1S/C20H16N2O3S2/c1-11-3-4-13(7-12(11)2)15-9-27-19-17(15)18(21-10-22-19)26-8-14-5-6-16(25-14)20(23)24/h3-7,9-10H,8H2,1-2H3,(H,23,24). The first kappa shape index (κ1) is 17.8. The Balaban J connectivity index is 1.69. The molecule has 4 rings (SSSR count). The monoisotopic (exact) mass is 396 g/mol. The van der Waals surface area contributed by atoms with Crippen LogP contribution in [0.15, 0.2) is 51.5 Å². The van der Waals surface area contributed by atoms with E-state index in [2.05, 4.69) is 47.4 Å². The fraction of sp³-hybridized carbons (Fsp3) is 0.150. The molecule has 3 heterocycles. The molecule has 7 heteroatoms. The van der Waals surface area contributed by atoms with Crippen molar-refractivity contribution < 1.29 is 14.3 Å². The highest BCUT2D eigenvalue weighted by molar-refractivity contribution is 7.98. The number of carboxylic acids is 1. The van der Waals surface area contributed by atoms with Crippen molar-refractivity contribution in [3.8, 4) is 11.1 Å². The average molecular weight is 396 g/mol. The molecule has 0 unspecified atom stereocenters. The average Bonchev–Trinajstić information content (AvgIpc) is 3.29. The minimum atomic E-state index is -1.06. The molecule has 0 aliphatic heterocycles. The Labute approximate surface area is 164 Å². The first-order valence-electron chi connectivity index (χ1n) is 8.27. The summed E-state index contributed by atoms with van der Waals surface area (Å²) >= 11 is 3.11. The van der Waals surface area contributed by atoms with Gasteiger partial charge in [0.15, 0.2) is 0 Å².